The van der Waals surface area contributed by atoms with Crippen LogP contribution in [0.2, 0.25) is 0 Å². The quantitative estimate of drug-likeness (QED) is 0.908. The minimum atomic E-state index is -4.41. The summed E-state index contributed by atoms with van der Waals surface area (Å²) in [4.78, 5) is 0. The largest absolute Gasteiger partial charge is 0.416 e. The van der Waals surface area contributed by atoms with Crippen LogP contribution in [0.3, 0.4) is 0 Å². The van der Waals surface area contributed by atoms with Crippen molar-refractivity contribution in [3.63, 3.8) is 0 Å². The average molecular weight is 293 g/mol. The molecule has 86 valence electrons. The normalized spacial score (nSPS) is 13.2. The lowest BCUT2D eigenvalue weighted by atomic mass is 10.0. The van der Waals surface area contributed by atoms with E-state index in [4.69, 9.17) is 11.0 Å². The van der Waals surface area contributed by atoms with E-state index in [1.165, 1.54) is 6.07 Å². The van der Waals surface area contributed by atoms with Crippen LogP contribution in [-0.4, -0.2) is 0 Å². The first-order chi connectivity index (χ1) is 7.34. The Morgan fingerprint density at radius 2 is 2.00 bits per heavy atom. The summed E-state index contributed by atoms with van der Waals surface area (Å²) in [7, 11) is 0. The van der Waals surface area contributed by atoms with E-state index < -0.39 is 17.8 Å². The zero-order valence-electron chi connectivity index (χ0n) is 8.05. The van der Waals surface area contributed by atoms with Crippen LogP contribution < -0.4 is 5.73 Å². The fourth-order valence-electron chi connectivity index (χ4n) is 1.21. The van der Waals surface area contributed by atoms with E-state index in [-0.39, 0.29) is 6.42 Å². The van der Waals surface area contributed by atoms with Crippen molar-refractivity contribution in [2.45, 2.75) is 18.6 Å². The summed E-state index contributed by atoms with van der Waals surface area (Å²) in [6.45, 7) is 0. The highest BCUT2D eigenvalue weighted by Gasteiger charge is 2.31. The molecule has 16 heavy (non-hydrogen) atoms. The summed E-state index contributed by atoms with van der Waals surface area (Å²) in [5.74, 6) is 0. The van der Waals surface area contributed by atoms with Crippen LogP contribution in [0.25, 0.3) is 0 Å². The van der Waals surface area contributed by atoms with E-state index in [0.29, 0.717) is 10.0 Å². The molecule has 1 unspecified atom stereocenters. The van der Waals surface area contributed by atoms with Gasteiger partial charge >= 0.3 is 6.18 Å². The molecule has 6 heteroatoms. The maximum atomic E-state index is 12.5. The van der Waals surface area contributed by atoms with Crippen molar-refractivity contribution in [1.82, 2.24) is 0 Å². The van der Waals surface area contributed by atoms with Gasteiger partial charge < -0.3 is 5.73 Å². The summed E-state index contributed by atoms with van der Waals surface area (Å²) in [5, 5.41) is 8.43. The van der Waals surface area contributed by atoms with E-state index in [9.17, 15) is 13.2 Å². The smallest absolute Gasteiger partial charge is 0.323 e. The molecule has 0 saturated carbocycles. The summed E-state index contributed by atoms with van der Waals surface area (Å²) >= 11 is 2.99. The number of nitrogens with two attached hydrogens (primary N) is 1. The Balaban J connectivity index is 3.14. The number of alkyl halides is 3. The van der Waals surface area contributed by atoms with Gasteiger partial charge in [0.1, 0.15) is 0 Å². The Hall–Kier alpha value is -1.06. The van der Waals surface area contributed by atoms with Gasteiger partial charge in [-0.25, -0.2) is 0 Å². The number of rotatable bonds is 2. The van der Waals surface area contributed by atoms with Crippen LogP contribution in [-0.2, 0) is 6.18 Å². The van der Waals surface area contributed by atoms with E-state index in [2.05, 4.69) is 15.9 Å². The van der Waals surface area contributed by atoms with Gasteiger partial charge in [-0.15, -0.1) is 0 Å². The van der Waals surface area contributed by atoms with Gasteiger partial charge in [0.05, 0.1) is 18.1 Å². The second kappa shape index (κ2) is 4.85. The topological polar surface area (TPSA) is 49.8 Å². The first-order valence-electron chi connectivity index (χ1n) is 4.35. The van der Waals surface area contributed by atoms with Crippen molar-refractivity contribution < 1.29 is 13.2 Å². The molecule has 0 aliphatic rings. The van der Waals surface area contributed by atoms with Gasteiger partial charge in [0.2, 0.25) is 0 Å². The summed E-state index contributed by atoms with van der Waals surface area (Å²) in [6, 6.07) is 4.54. The molecular formula is C10H8BrF3N2. The average Bonchev–Trinajstić information content (AvgIpc) is 2.16. The van der Waals surface area contributed by atoms with E-state index in [0.717, 1.165) is 12.1 Å². The molecule has 0 spiro atoms. The highest BCUT2D eigenvalue weighted by atomic mass is 79.9. The van der Waals surface area contributed by atoms with Crippen LogP contribution in [0.5, 0.6) is 0 Å². The molecule has 1 aromatic rings. The van der Waals surface area contributed by atoms with Gasteiger partial charge in [0.25, 0.3) is 0 Å². The molecule has 0 radical (unpaired) electrons. The zero-order valence-corrected chi connectivity index (χ0v) is 9.64. The Morgan fingerprint density at radius 3 is 2.50 bits per heavy atom. The number of nitriles is 1. The Morgan fingerprint density at radius 1 is 1.38 bits per heavy atom. The van der Waals surface area contributed by atoms with E-state index in [1.807, 2.05) is 6.07 Å². The third-order valence-corrected chi connectivity index (χ3v) is 2.44. The van der Waals surface area contributed by atoms with Crippen LogP contribution in [0.4, 0.5) is 13.2 Å². The monoisotopic (exact) mass is 292 g/mol. The molecule has 0 amide bonds. The third-order valence-electron chi connectivity index (χ3n) is 1.99. The molecule has 2 N–H and O–H groups in total. The fraction of sp³-hybridized carbons (Fsp3) is 0.300. The molecule has 0 aliphatic heterocycles. The zero-order chi connectivity index (χ0) is 12.3. The van der Waals surface area contributed by atoms with Gasteiger partial charge in [-0.05, 0) is 23.8 Å². The van der Waals surface area contributed by atoms with Crippen LogP contribution in [0, 0.1) is 11.3 Å². The second-order valence-electron chi connectivity index (χ2n) is 3.24. The van der Waals surface area contributed by atoms with Gasteiger partial charge in [-0.1, -0.05) is 15.9 Å². The SMILES string of the molecule is N#CCC(N)c1cc(Br)cc(C(F)(F)F)c1. The predicted molar refractivity (Wildman–Crippen MR) is 56.3 cm³/mol. The number of benzene rings is 1. The molecule has 2 nitrogen and oxygen atoms in total. The molecule has 1 atom stereocenters. The number of halogens is 4. The molecule has 0 aliphatic carbocycles. The second-order valence-corrected chi connectivity index (χ2v) is 4.16. The van der Waals surface area contributed by atoms with E-state index >= 15 is 0 Å². The molecule has 1 aromatic carbocycles. The molecule has 1 rings (SSSR count). The number of nitrogens with zero attached hydrogens (tertiary/aromatic N) is 1. The van der Waals surface area contributed by atoms with Crippen molar-refractivity contribution in [2.24, 2.45) is 5.73 Å². The van der Waals surface area contributed by atoms with Crippen molar-refractivity contribution >= 4 is 15.9 Å². The minimum absolute atomic E-state index is 0.0201. The lowest BCUT2D eigenvalue weighted by Gasteiger charge is -2.13. The van der Waals surface area contributed by atoms with Crippen LogP contribution in [0.15, 0.2) is 22.7 Å². The molecular weight excluding hydrogens is 285 g/mol. The first-order valence-corrected chi connectivity index (χ1v) is 5.14. The Bertz CT molecular complexity index is 423. The fourth-order valence-corrected chi connectivity index (χ4v) is 1.72. The summed E-state index contributed by atoms with van der Waals surface area (Å²) in [5.41, 5.74) is 5.10. The Labute approximate surface area is 99.0 Å². The molecule has 0 bridgehead atoms. The molecule has 0 fully saturated rings. The standard InChI is InChI=1S/C10H8BrF3N2/c11-8-4-6(9(16)1-2-15)3-7(5-8)10(12,13)14/h3-5,9H,1,16H2. The highest BCUT2D eigenvalue weighted by Crippen LogP contribution is 2.33. The molecule has 0 heterocycles. The minimum Gasteiger partial charge on any atom is -0.323 e. The third kappa shape index (κ3) is 3.22. The summed E-state index contributed by atoms with van der Waals surface area (Å²) in [6.07, 6.45) is -4.43. The maximum Gasteiger partial charge on any atom is 0.416 e. The number of hydrogen-bond acceptors (Lipinski definition) is 2. The van der Waals surface area contributed by atoms with Gasteiger partial charge in [-0.2, -0.15) is 18.4 Å². The van der Waals surface area contributed by atoms with Crippen molar-refractivity contribution in [3.05, 3.63) is 33.8 Å². The maximum absolute atomic E-state index is 12.5. The first kappa shape index (κ1) is 13.0. The highest BCUT2D eigenvalue weighted by molar-refractivity contribution is 9.10. The van der Waals surface area contributed by atoms with Crippen molar-refractivity contribution in [1.29, 1.82) is 5.26 Å². The van der Waals surface area contributed by atoms with Gasteiger partial charge in [0.15, 0.2) is 0 Å². The molecule has 0 saturated heterocycles. The molecule has 0 aromatic heterocycles. The van der Waals surface area contributed by atoms with E-state index in [1.54, 1.807) is 0 Å². The lowest BCUT2D eigenvalue weighted by Crippen LogP contribution is -2.12. The van der Waals surface area contributed by atoms with Crippen LogP contribution in [0.1, 0.15) is 23.6 Å². The van der Waals surface area contributed by atoms with Crippen molar-refractivity contribution in [3.8, 4) is 6.07 Å². The predicted octanol–water partition coefficient (Wildman–Crippen LogP) is 3.38. The van der Waals surface area contributed by atoms with Crippen LogP contribution >= 0.6 is 15.9 Å². The van der Waals surface area contributed by atoms with Gasteiger partial charge in [0, 0.05) is 10.5 Å². The van der Waals surface area contributed by atoms with Gasteiger partial charge in [-0.3, -0.25) is 0 Å². The lowest BCUT2D eigenvalue weighted by molar-refractivity contribution is -0.137. The number of hydrogen-bond donors (Lipinski definition) is 1. The summed E-state index contributed by atoms with van der Waals surface area (Å²) < 4.78 is 37.7. The Kier molecular flexibility index (Phi) is 3.94. The van der Waals surface area contributed by atoms with Crippen molar-refractivity contribution in [2.75, 3.05) is 0 Å².